The SMILES string of the molecule is NC1(c2ccc(Br)cc2)CNC1. The van der Waals surface area contributed by atoms with Crippen molar-refractivity contribution < 1.29 is 0 Å². The average molecular weight is 227 g/mol. The van der Waals surface area contributed by atoms with Crippen LogP contribution in [0, 0.1) is 0 Å². The van der Waals surface area contributed by atoms with Gasteiger partial charge in [-0.1, -0.05) is 28.1 Å². The highest BCUT2D eigenvalue weighted by Gasteiger charge is 2.33. The highest BCUT2D eigenvalue weighted by Crippen LogP contribution is 2.23. The van der Waals surface area contributed by atoms with Gasteiger partial charge >= 0.3 is 0 Å². The lowest BCUT2D eigenvalue weighted by Crippen LogP contribution is -2.62. The minimum absolute atomic E-state index is 0.124. The number of rotatable bonds is 1. The summed E-state index contributed by atoms with van der Waals surface area (Å²) in [6, 6.07) is 8.21. The lowest BCUT2D eigenvalue weighted by Gasteiger charge is -2.39. The van der Waals surface area contributed by atoms with Crippen LogP contribution in [0.1, 0.15) is 5.56 Å². The van der Waals surface area contributed by atoms with Gasteiger partial charge in [0.05, 0.1) is 5.54 Å². The number of benzene rings is 1. The van der Waals surface area contributed by atoms with Gasteiger partial charge in [0, 0.05) is 17.6 Å². The Hall–Kier alpha value is -0.380. The second-order valence-corrected chi connectivity index (χ2v) is 4.18. The zero-order valence-electron chi connectivity index (χ0n) is 6.68. The van der Waals surface area contributed by atoms with Crippen LogP contribution in [0.3, 0.4) is 0 Å². The monoisotopic (exact) mass is 226 g/mol. The third-order valence-corrected chi connectivity index (χ3v) is 2.83. The first-order chi connectivity index (χ1) is 5.71. The summed E-state index contributed by atoms with van der Waals surface area (Å²) in [5, 5.41) is 3.18. The molecule has 64 valence electrons. The van der Waals surface area contributed by atoms with Crippen LogP contribution in [0.5, 0.6) is 0 Å². The van der Waals surface area contributed by atoms with E-state index in [4.69, 9.17) is 5.73 Å². The van der Waals surface area contributed by atoms with Crippen LogP contribution < -0.4 is 11.1 Å². The van der Waals surface area contributed by atoms with Crippen molar-refractivity contribution in [2.24, 2.45) is 5.73 Å². The Balaban J connectivity index is 2.28. The third kappa shape index (κ3) is 1.28. The molecule has 0 aromatic heterocycles. The summed E-state index contributed by atoms with van der Waals surface area (Å²) < 4.78 is 1.10. The van der Waals surface area contributed by atoms with E-state index < -0.39 is 0 Å². The minimum atomic E-state index is -0.124. The van der Waals surface area contributed by atoms with Gasteiger partial charge in [-0.2, -0.15) is 0 Å². The van der Waals surface area contributed by atoms with Crippen LogP contribution in [0.25, 0.3) is 0 Å². The maximum absolute atomic E-state index is 6.10. The van der Waals surface area contributed by atoms with Crippen LogP contribution in [0.2, 0.25) is 0 Å². The fourth-order valence-electron chi connectivity index (χ4n) is 1.38. The second kappa shape index (κ2) is 2.83. The van der Waals surface area contributed by atoms with Crippen LogP contribution in [-0.2, 0) is 5.54 Å². The van der Waals surface area contributed by atoms with Gasteiger partial charge in [-0.05, 0) is 17.7 Å². The number of nitrogens with one attached hydrogen (secondary N) is 1. The second-order valence-electron chi connectivity index (χ2n) is 3.27. The van der Waals surface area contributed by atoms with E-state index in [1.165, 1.54) is 5.56 Å². The van der Waals surface area contributed by atoms with Gasteiger partial charge < -0.3 is 11.1 Å². The molecule has 0 unspecified atom stereocenters. The molecule has 1 saturated heterocycles. The first-order valence-corrected chi connectivity index (χ1v) is 4.76. The topological polar surface area (TPSA) is 38.0 Å². The molecule has 0 radical (unpaired) electrons. The zero-order chi connectivity index (χ0) is 8.60. The van der Waals surface area contributed by atoms with E-state index in [0.717, 1.165) is 17.6 Å². The zero-order valence-corrected chi connectivity index (χ0v) is 8.26. The van der Waals surface area contributed by atoms with E-state index in [2.05, 4.69) is 33.4 Å². The predicted octanol–water partition coefficient (Wildman–Crippen LogP) is 1.21. The quantitative estimate of drug-likeness (QED) is 0.756. The third-order valence-electron chi connectivity index (χ3n) is 2.30. The van der Waals surface area contributed by atoms with Crippen molar-refractivity contribution in [3.63, 3.8) is 0 Å². The predicted molar refractivity (Wildman–Crippen MR) is 52.9 cm³/mol. The standard InChI is InChI=1S/C9H11BrN2/c10-8-3-1-7(2-4-8)9(11)5-12-6-9/h1-4,12H,5-6,11H2. The lowest BCUT2D eigenvalue weighted by atomic mass is 9.86. The molecule has 3 N–H and O–H groups in total. The highest BCUT2D eigenvalue weighted by molar-refractivity contribution is 9.10. The first kappa shape index (κ1) is 8.23. The molecule has 1 aromatic rings. The van der Waals surface area contributed by atoms with E-state index in [9.17, 15) is 0 Å². The maximum Gasteiger partial charge on any atom is 0.0662 e. The number of nitrogens with two attached hydrogens (primary N) is 1. The summed E-state index contributed by atoms with van der Waals surface area (Å²) in [4.78, 5) is 0. The van der Waals surface area contributed by atoms with Crippen molar-refractivity contribution in [1.29, 1.82) is 0 Å². The fraction of sp³-hybridized carbons (Fsp3) is 0.333. The molecule has 2 rings (SSSR count). The van der Waals surface area contributed by atoms with Crippen LogP contribution >= 0.6 is 15.9 Å². The van der Waals surface area contributed by atoms with Crippen molar-refractivity contribution >= 4 is 15.9 Å². The van der Waals surface area contributed by atoms with E-state index in [0.29, 0.717) is 0 Å². The van der Waals surface area contributed by atoms with Gasteiger partial charge in [0.2, 0.25) is 0 Å². The van der Waals surface area contributed by atoms with Crippen molar-refractivity contribution in [2.75, 3.05) is 13.1 Å². The summed E-state index contributed by atoms with van der Waals surface area (Å²) in [6.07, 6.45) is 0. The summed E-state index contributed by atoms with van der Waals surface area (Å²) in [7, 11) is 0. The Labute approximate surface area is 80.3 Å². The highest BCUT2D eigenvalue weighted by atomic mass is 79.9. The molecule has 12 heavy (non-hydrogen) atoms. The molecule has 1 aromatic carbocycles. The van der Waals surface area contributed by atoms with Crippen LogP contribution in [0.15, 0.2) is 28.7 Å². The normalized spacial score (nSPS) is 20.2. The fourth-order valence-corrected chi connectivity index (χ4v) is 1.64. The largest absolute Gasteiger partial charge is 0.319 e. The molecule has 0 amide bonds. The van der Waals surface area contributed by atoms with Crippen LogP contribution in [-0.4, -0.2) is 13.1 Å². The smallest absolute Gasteiger partial charge is 0.0662 e. The van der Waals surface area contributed by atoms with Gasteiger partial charge in [-0.15, -0.1) is 0 Å². The Kier molecular flexibility index (Phi) is 1.94. The first-order valence-electron chi connectivity index (χ1n) is 3.96. The van der Waals surface area contributed by atoms with Gasteiger partial charge in [0.1, 0.15) is 0 Å². The molecule has 0 aliphatic carbocycles. The summed E-state index contributed by atoms with van der Waals surface area (Å²) in [6.45, 7) is 1.77. The van der Waals surface area contributed by atoms with E-state index in [-0.39, 0.29) is 5.54 Å². The Morgan fingerprint density at radius 2 is 1.83 bits per heavy atom. The Bertz CT molecular complexity index is 277. The molecular weight excluding hydrogens is 216 g/mol. The summed E-state index contributed by atoms with van der Waals surface area (Å²) in [5.41, 5.74) is 7.18. The average Bonchev–Trinajstić information content (AvgIpc) is 2.02. The lowest BCUT2D eigenvalue weighted by molar-refractivity contribution is 0.287. The van der Waals surface area contributed by atoms with Gasteiger partial charge in [0.15, 0.2) is 0 Å². The van der Waals surface area contributed by atoms with Crippen molar-refractivity contribution in [3.05, 3.63) is 34.3 Å². The van der Waals surface area contributed by atoms with Gasteiger partial charge in [-0.25, -0.2) is 0 Å². The molecular formula is C9H11BrN2. The maximum atomic E-state index is 6.10. The number of halogens is 1. The van der Waals surface area contributed by atoms with Gasteiger partial charge in [0.25, 0.3) is 0 Å². The van der Waals surface area contributed by atoms with Crippen molar-refractivity contribution in [3.8, 4) is 0 Å². The Morgan fingerprint density at radius 1 is 1.25 bits per heavy atom. The van der Waals surface area contributed by atoms with E-state index in [1.807, 2.05) is 12.1 Å². The molecule has 0 saturated carbocycles. The van der Waals surface area contributed by atoms with Gasteiger partial charge in [-0.3, -0.25) is 0 Å². The molecule has 3 heteroatoms. The molecule has 1 heterocycles. The van der Waals surface area contributed by atoms with E-state index in [1.54, 1.807) is 0 Å². The molecule has 1 aliphatic heterocycles. The molecule has 0 bridgehead atoms. The number of hydrogen-bond donors (Lipinski definition) is 2. The summed E-state index contributed by atoms with van der Waals surface area (Å²) in [5.74, 6) is 0. The van der Waals surface area contributed by atoms with Crippen LogP contribution in [0.4, 0.5) is 0 Å². The minimum Gasteiger partial charge on any atom is -0.319 e. The Morgan fingerprint density at radius 3 is 2.25 bits per heavy atom. The molecule has 1 aliphatic rings. The molecule has 2 nitrogen and oxygen atoms in total. The summed E-state index contributed by atoms with van der Waals surface area (Å²) >= 11 is 3.40. The molecule has 0 atom stereocenters. The number of hydrogen-bond acceptors (Lipinski definition) is 2. The van der Waals surface area contributed by atoms with E-state index >= 15 is 0 Å². The van der Waals surface area contributed by atoms with Crippen molar-refractivity contribution in [2.45, 2.75) is 5.54 Å². The molecule has 0 spiro atoms. The van der Waals surface area contributed by atoms with Crippen molar-refractivity contribution in [1.82, 2.24) is 5.32 Å². The molecule has 1 fully saturated rings.